The van der Waals surface area contributed by atoms with Gasteiger partial charge in [0.2, 0.25) is 0 Å². The number of hydrogen-bond donors (Lipinski definition) is 1. The molecule has 90 valence electrons. The fourth-order valence-corrected chi connectivity index (χ4v) is 1.64. The van der Waals surface area contributed by atoms with Crippen molar-refractivity contribution in [1.82, 2.24) is 9.97 Å². The first-order valence-electron chi connectivity index (χ1n) is 5.40. The third-order valence-electron chi connectivity index (χ3n) is 2.41. The molecule has 1 aromatic heterocycles. The minimum atomic E-state index is -0.0863. The van der Waals surface area contributed by atoms with E-state index in [-0.39, 0.29) is 12.6 Å². The summed E-state index contributed by atoms with van der Waals surface area (Å²) in [6, 6.07) is 0.234. The third-order valence-corrected chi connectivity index (χ3v) is 2.41. The molecular weight excluding hydrogens is 206 g/mol. The van der Waals surface area contributed by atoms with Crippen molar-refractivity contribution in [1.29, 1.82) is 0 Å². The van der Waals surface area contributed by atoms with Crippen LogP contribution in [0.1, 0.15) is 19.5 Å². The Morgan fingerprint density at radius 1 is 1.50 bits per heavy atom. The van der Waals surface area contributed by atoms with Crippen LogP contribution in [0.15, 0.2) is 12.4 Å². The molecule has 1 aromatic rings. The van der Waals surface area contributed by atoms with Gasteiger partial charge in [-0.2, -0.15) is 0 Å². The first kappa shape index (κ1) is 12.9. The van der Waals surface area contributed by atoms with Gasteiger partial charge in [-0.15, -0.1) is 0 Å². The van der Waals surface area contributed by atoms with Crippen LogP contribution in [0.3, 0.4) is 0 Å². The van der Waals surface area contributed by atoms with Gasteiger partial charge in [0.25, 0.3) is 0 Å². The molecule has 1 N–H and O–H groups in total. The lowest BCUT2D eigenvalue weighted by Gasteiger charge is -2.28. The average Bonchev–Trinajstić information content (AvgIpc) is 2.31. The molecule has 5 nitrogen and oxygen atoms in total. The van der Waals surface area contributed by atoms with Crippen LogP contribution in [0.4, 0.5) is 5.82 Å². The lowest BCUT2D eigenvalue weighted by Crippen LogP contribution is -2.36. The van der Waals surface area contributed by atoms with Gasteiger partial charge < -0.3 is 14.7 Å². The van der Waals surface area contributed by atoms with Crippen molar-refractivity contribution in [3.05, 3.63) is 18.1 Å². The first-order valence-corrected chi connectivity index (χ1v) is 5.40. The van der Waals surface area contributed by atoms with Crippen LogP contribution >= 0.6 is 0 Å². The topological polar surface area (TPSA) is 58.5 Å². The molecule has 0 radical (unpaired) electrons. The number of ether oxygens (including phenoxy) is 1. The molecule has 0 aliphatic heterocycles. The Kier molecular flexibility index (Phi) is 5.14. The zero-order valence-electron chi connectivity index (χ0n) is 10.1. The van der Waals surface area contributed by atoms with E-state index in [9.17, 15) is 0 Å². The van der Waals surface area contributed by atoms with E-state index in [4.69, 9.17) is 9.84 Å². The van der Waals surface area contributed by atoms with Crippen molar-refractivity contribution in [2.24, 2.45) is 0 Å². The lowest BCUT2D eigenvalue weighted by molar-refractivity contribution is 0.181. The van der Waals surface area contributed by atoms with Gasteiger partial charge in [-0.25, -0.2) is 4.98 Å². The summed E-state index contributed by atoms with van der Waals surface area (Å²) in [5.41, 5.74) is 0.584. The number of methoxy groups -OCH3 is 1. The Morgan fingerprint density at radius 3 is 2.81 bits per heavy atom. The number of aliphatic hydroxyl groups is 1. The van der Waals surface area contributed by atoms with Crippen LogP contribution < -0.4 is 4.90 Å². The highest BCUT2D eigenvalue weighted by molar-refractivity contribution is 5.37. The standard InChI is InChI=1S/C11H19N3O2/c1-4-14(9(2)8-16-3)11-6-12-5-10(7-15)13-11/h5-6,9,15H,4,7-8H2,1-3H3. The number of aromatic nitrogens is 2. The van der Waals surface area contributed by atoms with Crippen molar-refractivity contribution in [2.45, 2.75) is 26.5 Å². The Morgan fingerprint density at radius 2 is 2.25 bits per heavy atom. The monoisotopic (exact) mass is 225 g/mol. The Labute approximate surface area is 96.1 Å². The van der Waals surface area contributed by atoms with E-state index < -0.39 is 0 Å². The highest BCUT2D eigenvalue weighted by Gasteiger charge is 2.14. The van der Waals surface area contributed by atoms with Gasteiger partial charge in [-0.1, -0.05) is 0 Å². The molecule has 16 heavy (non-hydrogen) atoms. The number of hydrogen-bond acceptors (Lipinski definition) is 5. The molecule has 0 aliphatic carbocycles. The van der Waals surface area contributed by atoms with E-state index in [1.807, 2.05) is 0 Å². The van der Waals surface area contributed by atoms with Gasteiger partial charge in [0, 0.05) is 13.7 Å². The number of aliphatic hydroxyl groups excluding tert-OH is 1. The van der Waals surface area contributed by atoms with Crippen molar-refractivity contribution >= 4 is 5.82 Å². The maximum absolute atomic E-state index is 9.01. The van der Waals surface area contributed by atoms with Gasteiger partial charge in [-0.05, 0) is 13.8 Å². The Balaban J connectivity index is 2.85. The Bertz CT molecular complexity index is 320. The van der Waals surface area contributed by atoms with E-state index in [2.05, 4.69) is 28.7 Å². The molecular formula is C11H19N3O2. The maximum Gasteiger partial charge on any atom is 0.147 e. The number of anilines is 1. The van der Waals surface area contributed by atoms with E-state index in [0.717, 1.165) is 12.4 Å². The molecule has 0 aliphatic rings. The van der Waals surface area contributed by atoms with Crippen LogP contribution in [0.5, 0.6) is 0 Å². The smallest absolute Gasteiger partial charge is 0.147 e. The Hall–Kier alpha value is -1.20. The molecule has 1 atom stereocenters. The van der Waals surface area contributed by atoms with E-state index in [1.165, 1.54) is 0 Å². The normalized spacial score (nSPS) is 12.5. The molecule has 1 heterocycles. The summed E-state index contributed by atoms with van der Waals surface area (Å²) in [6.45, 7) is 5.50. The second-order valence-corrected chi connectivity index (χ2v) is 3.62. The number of nitrogens with zero attached hydrogens (tertiary/aromatic N) is 3. The quantitative estimate of drug-likeness (QED) is 0.777. The summed E-state index contributed by atoms with van der Waals surface area (Å²) < 4.78 is 5.13. The average molecular weight is 225 g/mol. The van der Waals surface area contributed by atoms with Gasteiger partial charge in [-0.3, -0.25) is 4.98 Å². The molecule has 0 amide bonds. The maximum atomic E-state index is 9.01. The predicted octanol–water partition coefficient (Wildman–Crippen LogP) is 0.830. The third kappa shape index (κ3) is 3.15. The predicted molar refractivity (Wildman–Crippen MR) is 62.3 cm³/mol. The molecule has 0 saturated carbocycles. The molecule has 0 saturated heterocycles. The van der Waals surface area contributed by atoms with Gasteiger partial charge in [0.1, 0.15) is 5.82 Å². The minimum Gasteiger partial charge on any atom is -0.390 e. The van der Waals surface area contributed by atoms with Crippen LogP contribution in [0.25, 0.3) is 0 Å². The number of likely N-dealkylation sites (N-methyl/N-ethyl adjacent to an activating group) is 1. The molecule has 0 fully saturated rings. The molecule has 1 unspecified atom stereocenters. The molecule has 0 spiro atoms. The highest BCUT2D eigenvalue weighted by atomic mass is 16.5. The summed E-state index contributed by atoms with van der Waals surface area (Å²) in [4.78, 5) is 10.5. The van der Waals surface area contributed by atoms with Crippen molar-refractivity contribution in [3.63, 3.8) is 0 Å². The van der Waals surface area contributed by atoms with Gasteiger partial charge in [0.15, 0.2) is 0 Å². The zero-order chi connectivity index (χ0) is 12.0. The lowest BCUT2D eigenvalue weighted by atomic mass is 10.3. The van der Waals surface area contributed by atoms with Gasteiger partial charge >= 0.3 is 0 Å². The van der Waals surface area contributed by atoms with Crippen molar-refractivity contribution in [3.8, 4) is 0 Å². The van der Waals surface area contributed by atoms with Gasteiger partial charge in [0.05, 0.1) is 37.3 Å². The van der Waals surface area contributed by atoms with Crippen molar-refractivity contribution < 1.29 is 9.84 Å². The molecule has 0 aromatic carbocycles. The zero-order valence-corrected chi connectivity index (χ0v) is 10.1. The fraction of sp³-hybridized carbons (Fsp3) is 0.636. The molecule has 1 rings (SSSR count). The summed E-state index contributed by atoms with van der Waals surface area (Å²) in [5.74, 6) is 0.776. The second-order valence-electron chi connectivity index (χ2n) is 3.62. The summed E-state index contributed by atoms with van der Waals surface area (Å²) in [5, 5.41) is 9.01. The summed E-state index contributed by atoms with van der Waals surface area (Å²) in [7, 11) is 1.68. The van der Waals surface area contributed by atoms with Crippen LogP contribution in [-0.2, 0) is 11.3 Å². The summed E-state index contributed by atoms with van der Waals surface area (Å²) >= 11 is 0. The minimum absolute atomic E-state index is 0.0863. The fourth-order valence-electron chi connectivity index (χ4n) is 1.64. The highest BCUT2D eigenvalue weighted by Crippen LogP contribution is 2.13. The van der Waals surface area contributed by atoms with E-state index >= 15 is 0 Å². The first-order chi connectivity index (χ1) is 7.72. The summed E-state index contributed by atoms with van der Waals surface area (Å²) in [6.07, 6.45) is 3.27. The van der Waals surface area contributed by atoms with Crippen LogP contribution in [0, 0.1) is 0 Å². The van der Waals surface area contributed by atoms with Crippen LogP contribution in [-0.4, -0.2) is 41.4 Å². The second kappa shape index (κ2) is 6.40. The SMILES string of the molecule is CCN(c1cncc(CO)n1)C(C)COC. The molecule has 5 heteroatoms. The van der Waals surface area contributed by atoms with Crippen molar-refractivity contribution in [2.75, 3.05) is 25.2 Å². The molecule has 0 bridgehead atoms. The largest absolute Gasteiger partial charge is 0.390 e. The number of rotatable bonds is 6. The van der Waals surface area contributed by atoms with E-state index in [0.29, 0.717) is 12.3 Å². The van der Waals surface area contributed by atoms with E-state index in [1.54, 1.807) is 19.5 Å². The van der Waals surface area contributed by atoms with Crippen LogP contribution in [0.2, 0.25) is 0 Å².